The number of phenols is 9. The van der Waals surface area contributed by atoms with Crippen molar-refractivity contribution in [2.75, 3.05) is 0 Å². The Balaban J connectivity index is 1.02. The molecule has 0 amide bonds. The molecule has 3 heterocycles. The molecule has 3 aliphatic heterocycles. The fraction of sp³-hybridized carbons (Fsp3) is 0.107. The molecule has 0 radical (unpaired) electrons. The van der Waals surface area contributed by atoms with E-state index < -0.39 is 36.1 Å². The van der Waals surface area contributed by atoms with Gasteiger partial charge in [-0.25, -0.2) is 0 Å². The largest absolute Gasteiger partial charge is 0.508 e. The van der Waals surface area contributed by atoms with E-state index in [1.807, 2.05) is 30.3 Å². The Labute approximate surface area is 389 Å². The van der Waals surface area contributed by atoms with E-state index in [0.717, 1.165) is 22.3 Å². The number of aromatic hydroxyl groups is 9. The highest BCUT2D eigenvalue weighted by molar-refractivity contribution is 5.76. The van der Waals surface area contributed by atoms with Gasteiger partial charge in [-0.05, 0) is 124 Å². The lowest BCUT2D eigenvalue weighted by Gasteiger charge is -2.26. The molecule has 0 fully saturated rings. The Hall–Kier alpha value is -8.90. The number of ether oxygens (including phenoxy) is 3. The minimum absolute atomic E-state index is 0.0545. The summed E-state index contributed by atoms with van der Waals surface area (Å²) in [5, 5.41) is 96.0. The van der Waals surface area contributed by atoms with E-state index in [1.54, 1.807) is 115 Å². The monoisotopic (exact) mass is 906 g/mol. The van der Waals surface area contributed by atoms with Crippen molar-refractivity contribution in [3.63, 3.8) is 0 Å². The molecular weight excluding hydrogens is 865 g/mol. The number of hydrogen-bond acceptors (Lipinski definition) is 12. The highest BCUT2D eigenvalue weighted by Gasteiger charge is 2.45. The second-order valence-corrected chi connectivity index (χ2v) is 17.4. The highest BCUT2D eigenvalue weighted by Crippen LogP contribution is 2.59. The average molecular weight is 907 g/mol. The molecule has 11 rings (SSSR count). The normalized spacial score (nSPS) is 20.0. The standard InChI is InChI=1S/C56H42O12/c57-35-10-4-29(5-11-35)54-50(33-18-38(60)23-39(61)19-33)44-22-32(46(65)27-48(44)67-54)3-1-28-2-16-47-43(17-28)52(56(66-47)31-8-14-37(59)15-9-31)45-25-42(64)26-49-53(45)51(34-20-40(62)24-41(63)21-34)55(68-49)30-6-12-36(58)13-7-30/h1-27,50-52,54-65H/b3-1+/t50-,51-,52-,54+,55+,56-/m0/s1. The molecule has 12 heteroatoms. The topological polar surface area (TPSA) is 210 Å². The van der Waals surface area contributed by atoms with Gasteiger partial charge in [-0.2, -0.15) is 0 Å². The number of rotatable bonds is 8. The first kappa shape index (κ1) is 41.8. The third kappa shape index (κ3) is 7.47. The molecular formula is C56H42O12. The van der Waals surface area contributed by atoms with E-state index in [2.05, 4.69) is 0 Å². The number of hydrogen-bond donors (Lipinski definition) is 9. The highest BCUT2D eigenvalue weighted by atomic mass is 16.5. The van der Waals surface area contributed by atoms with E-state index in [0.29, 0.717) is 56.2 Å². The van der Waals surface area contributed by atoms with Crippen LogP contribution in [-0.2, 0) is 0 Å². The summed E-state index contributed by atoms with van der Waals surface area (Å²) in [5.41, 5.74) is 7.28. The van der Waals surface area contributed by atoms with Crippen molar-refractivity contribution in [1.29, 1.82) is 0 Å². The molecule has 3 aliphatic rings. The second kappa shape index (κ2) is 16.2. The van der Waals surface area contributed by atoms with Gasteiger partial charge in [0.25, 0.3) is 0 Å². The van der Waals surface area contributed by atoms with Gasteiger partial charge in [0.15, 0.2) is 0 Å². The maximum atomic E-state index is 11.4. The molecule has 0 unspecified atom stereocenters. The Kier molecular flexibility index (Phi) is 9.96. The van der Waals surface area contributed by atoms with Crippen LogP contribution in [0.3, 0.4) is 0 Å². The lowest BCUT2D eigenvalue weighted by atomic mass is 9.76. The molecule has 0 saturated carbocycles. The van der Waals surface area contributed by atoms with Gasteiger partial charge in [-0.15, -0.1) is 0 Å². The van der Waals surface area contributed by atoms with Crippen LogP contribution in [0, 0.1) is 0 Å². The summed E-state index contributed by atoms with van der Waals surface area (Å²) >= 11 is 0. The molecule has 8 aromatic carbocycles. The lowest BCUT2D eigenvalue weighted by molar-refractivity contribution is 0.220. The van der Waals surface area contributed by atoms with Crippen molar-refractivity contribution >= 4 is 12.2 Å². The molecule has 0 saturated heterocycles. The molecule has 12 nitrogen and oxygen atoms in total. The van der Waals surface area contributed by atoms with E-state index >= 15 is 0 Å². The summed E-state index contributed by atoms with van der Waals surface area (Å²) in [6.07, 6.45) is 1.62. The molecule has 68 heavy (non-hydrogen) atoms. The van der Waals surface area contributed by atoms with E-state index in [9.17, 15) is 46.0 Å². The lowest BCUT2D eigenvalue weighted by Crippen LogP contribution is -2.16. The zero-order chi connectivity index (χ0) is 47.0. The minimum Gasteiger partial charge on any atom is -0.508 e. The predicted molar refractivity (Wildman–Crippen MR) is 251 cm³/mol. The minimum atomic E-state index is -0.713. The summed E-state index contributed by atoms with van der Waals surface area (Å²) in [5.74, 6) is -0.861. The van der Waals surface area contributed by atoms with Crippen LogP contribution in [0.1, 0.15) is 97.3 Å². The SMILES string of the molecule is Oc1ccc([C@H]2Oc3cc(O)c(/C=C/c4ccc5c(c4)[C@@H](c4cc(O)cc6c4[C@H](c4cc(O)cc(O)c4)[C@@H](c4ccc(O)cc4)O6)[C@H](c4ccc(O)cc4)O5)cc3[C@@H]2c2cc(O)cc(O)c2)cc1. The van der Waals surface area contributed by atoms with Crippen molar-refractivity contribution in [1.82, 2.24) is 0 Å². The molecule has 0 aliphatic carbocycles. The zero-order valence-corrected chi connectivity index (χ0v) is 35.8. The quantitative estimate of drug-likeness (QED) is 0.0652. The van der Waals surface area contributed by atoms with Crippen LogP contribution in [0.25, 0.3) is 12.2 Å². The number of benzene rings is 8. The van der Waals surface area contributed by atoms with Crippen molar-refractivity contribution in [2.24, 2.45) is 0 Å². The summed E-state index contributed by atoms with van der Waals surface area (Å²) in [6, 6.07) is 40.9. The van der Waals surface area contributed by atoms with Crippen molar-refractivity contribution < 1.29 is 60.2 Å². The van der Waals surface area contributed by atoms with Crippen LogP contribution in [0.2, 0.25) is 0 Å². The van der Waals surface area contributed by atoms with Crippen LogP contribution in [-0.4, -0.2) is 46.0 Å². The van der Waals surface area contributed by atoms with Gasteiger partial charge in [0.2, 0.25) is 0 Å². The Bertz CT molecular complexity index is 3250. The van der Waals surface area contributed by atoms with Crippen molar-refractivity contribution in [2.45, 2.75) is 36.1 Å². The zero-order valence-electron chi connectivity index (χ0n) is 35.8. The fourth-order valence-corrected chi connectivity index (χ4v) is 10.1. The summed E-state index contributed by atoms with van der Waals surface area (Å²) in [6.45, 7) is 0. The number of phenolic OH excluding ortho intramolecular Hbond substituents is 9. The van der Waals surface area contributed by atoms with Gasteiger partial charge in [-0.1, -0.05) is 54.6 Å². The second-order valence-electron chi connectivity index (χ2n) is 17.4. The van der Waals surface area contributed by atoms with Gasteiger partial charge in [0, 0.05) is 46.5 Å². The third-order valence-electron chi connectivity index (χ3n) is 13.0. The summed E-state index contributed by atoms with van der Waals surface area (Å²) in [4.78, 5) is 0. The van der Waals surface area contributed by atoms with Crippen LogP contribution in [0.4, 0.5) is 0 Å². The van der Waals surface area contributed by atoms with Gasteiger partial charge >= 0.3 is 0 Å². The molecule has 0 spiro atoms. The smallest absolute Gasteiger partial charge is 0.135 e. The summed E-state index contributed by atoms with van der Waals surface area (Å²) in [7, 11) is 0. The van der Waals surface area contributed by atoms with E-state index in [1.165, 1.54) is 18.2 Å². The molecule has 338 valence electrons. The van der Waals surface area contributed by atoms with Crippen LogP contribution in [0.5, 0.6) is 69.0 Å². The first-order chi connectivity index (χ1) is 32.8. The third-order valence-corrected chi connectivity index (χ3v) is 13.0. The fourth-order valence-electron chi connectivity index (χ4n) is 10.1. The van der Waals surface area contributed by atoms with Crippen LogP contribution >= 0.6 is 0 Å². The first-order valence-corrected chi connectivity index (χ1v) is 21.8. The van der Waals surface area contributed by atoms with Crippen LogP contribution in [0.15, 0.2) is 152 Å². The average Bonchev–Trinajstić information content (AvgIpc) is 3.99. The van der Waals surface area contributed by atoms with E-state index in [-0.39, 0.29) is 51.7 Å². The Morgan fingerprint density at radius 3 is 1.32 bits per heavy atom. The molecule has 0 bridgehead atoms. The molecule has 0 aromatic heterocycles. The van der Waals surface area contributed by atoms with Gasteiger partial charge in [0.05, 0.1) is 17.8 Å². The molecule has 6 atom stereocenters. The molecule has 9 N–H and O–H groups in total. The van der Waals surface area contributed by atoms with Crippen molar-refractivity contribution in [3.05, 3.63) is 213 Å². The maximum absolute atomic E-state index is 11.4. The van der Waals surface area contributed by atoms with E-state index in [4.69, 9.17) is 14.2 Å². The Morgan fingerprint density at radius 1 is 0.309 bits per heavy atom. The number of fused-ring (bicyclic) bond motifs is 3. The summed E-state index contributed by atoms with van der Waals surface area (Å²) < 4.78 is 19.9. The maximum Gasteiger partial charge on any atom is 0.135 e. The molecule has 8 aromatic rings. The van der Waals surface area contributed by atoms with Gasteiger partial charge in [0.1, 0.15) is 87.3 Å². The van der Waals surface area contributed by atoms with Gasteiger partial charge < -0.3 is 60.2 Å². The van der Waals surface area contributed by atoms with Gasteiger partial charge in [-0.3, -0.25) is 0 Å². The predicted octanol–water partition coefficient (Wildman–Crippen LogP) is 11.0. The van der Waals surface area contributed by atoms with Crippen LogP contribution < -0.4 is 14.2 Å². The Morgan fingerprint density at radius 2 is 0.765 bits per heavy atom. The first-order valence-electron chi connectivity index (χ1n) is 21.8. The van der Waals surface area contributed by atoms with Crippen molar-refractivity contribution in [3.8, 4) is 69.0 Å².